The summed E-state index contributed by atoms with van der Waals surface area (Å²) in [6.45, 7) is 0. The molecule has 0 spiro atoms. The summed E-state index contributed by atoms with van der Waals surface area (Å²) < 4.78 is 51.7. The van der Waals surface area contributed by atoms with Crippen molar-refractivity contribution in [3.05, 3.63) is 67.5 Å². The van der Waals surface area contributed by atoms with E-state index in [2.05, 4.69) is 0 Å². The summed E-state index contributed by atoms with van der Waals surface area (Å²) in [5.41, 5.74) is -0.929. The predicted octanol–water partition coefficient (Wildman–Crippen LogP) is 5.18. The van der Waals surface area contributed by atoms with Crippen LogP contribution in [-0.4, -0.2) is 5.11 Å². The van der Waals surface area contributed by atoms with Gasteiger partial charge in [-0.05, 0) is 64.0 Å². The molecule has 2 aromatic rings. The molecule has 0 fully saturated rings. The molecule has 1 N–H and O–H groups in total. The molecule has 0 aliphatic heterocycles. The Bertz CT molecular complexity index is 673. The van der Waals surface area contributed by atoms with E-state index in [4.69, 9.17) is 11.6 Å². The quantitative estimate of drug-likeness (QED) is 0.514. The fraction of sp³-hybridized carbons (Fsp3) is 0.143. The van der Waals surface area contributed by atoms with Crippen LogP contribution in [0, 0.1) is 9.39 Å². The summed E-state index contributed by atoms with van der Waals surface area (Å²) in [6.07, 6.45) is -6.02. The number of benzene rings is 2. The van der Waals surface area contributed by atoms with Crippen LogP contribution in [0.2, 0.25) is 5.02 Å². The Morgan fingerprint density at radius 3 is 2.33 bits per heavy atom. The maximum Gasteiger partial charge on any atom is 0.419 e. The fourth-order valence-corrected chi connectivity index (χ4v) is 2.65. The van der Waals surface area contributed by atoms with Gasteiger partial charge in [0.2, 0.25) is 0 Å². The Morgan fingerprint density at radius 1 is 1.10 bits per heavy atom. The van der Waals surface area contributed by atoms with Crippen molar-refractivity contribution in [3.63, 3.8) is 0 Å². The number of aliphatic hydroxyl groups excluding tert-OH is 1. The second-order valence-electron chi connectivity index (χ2n) is 4.31. The number of hydrogen-bond donors (Lipinski definition) is 1. The Hall–Kier alpha value is -0.860. The minimum Gasteiger partial charge on any atom is -0.384 e. The van der Waals surface area contributed by atoms with Gasteiger partial charge in [0.05, 0.1) is 5.56 Å². The molecule has 0 aliphatic rings. The molecule has 1 atom stereocenters. The normalized spacial score (nSPS) is 13.3. The van der Waals surface area contributed by atoms with E-state index < -0.39 is 23.7 Å². The van der Waals surface area contributed by atoms with E-state index in [-0.39, 0.29) is 5.56 Å². The second-order valence-corrected chi connectivity index (χ2v) is 5.90. The fourth-order valence-electron chi connectivity index (χ4n) is 1.84. The van der Waals surface area contributed by atoms with Gasteiger partial charge in [-0.15, -0.1) is 0 Å². The first-order chi connectivity index (χ1) is 9.70. The zero-order valence-electron chi connectivity index (χ0n) is 10.3. The first-order valence-electron chi connectivity index (χ1n) is 5.70. The van der Waals surface area contributed by atoms with E-state index in [1.54, 1.807) is 12.1 Å². The zero-order valence-corrected chi connectivity index (χ0v) is 13.2. The third-order valence-corrected chi connectivity index (χ3v) is 4.08. The topological polar surface area (TPSA) is 20.2 Å². The molecule has 1 unspecified atom stereocenters. The van der Waals surface area contributed by atoms with Crippen molar-refractivity contribution in [1.29, 1.82) is 0 Å². The Balaban J connectivity index is 2.43. The minimum absolute atomic E-state index is 0.0284. The van der Waals surface area contributed by atoms with Gasteiger partial charge < -0.3 is 5.11 Å². The number of hydrogen-bond acceptors (Lipinski definition) is 1. The van der Waals surface area contributed by atoms with Crippen LogP contribution in [0.1, 0.15) is 22.8 Å². The highest BCUT2D eigenvalue weighted by Crippen LogP contribution is 2.34. The maximum atomic E-state index is 13.5. The van der Waals surface area contributed by atoms with Crippen LogP contribution in [0.4, 0.5) is 17.6 Å². The average Bonchev–Trinajstić information content (AvgIpc) is 2.39. The van der Waals surface area contributed by atoms with Crippen LogP contribution >= 0.6 is 34.2 Å². The van der Waals surface area contributed by atoms with Crippen LogP contribution in [0.3, 0.4) is 0 Å². The smallest absolute Gasteiger partial charge is 0.384 e. The summed E-state index contributed by atoms with van der Waals surface area (Å²) >= 11 is 7.78. The van der Waals surface area contributed by atoms with Crippen LogP contribution in [0.25, 0.3) is 0 Å². The van der Waals surface area contributed by atoms with Gasteiger partial charge in [0, 0.05) is 8.59 Å². The summed E-state index contributed by atoms with van der Waals surface area (Å²) in [7, 11) is 0. The Morgan fingerprint density at radius 2 is 1.76 bits per heavy atom. The van der Waals surface area contributed by atoms with Crippen molar-refractivity contribution in [3.8, 4) is 0 Å². The molecule has 0 bridgehead atoms. The lowest BCUT2D eigenvalue weighted by Gasteiger charge is -2.15. The van der Waals surface area contributed by atoms with Gasteiger partial charge in [-0.3, -0.25) is 0 Å². The summed E-state index contributed by atoms with van der Waals surface area (Å²) in [4.78, 5) is 0. The van der Waals surface area contributed by atoms with Crippen LogP contribution < -0.4 is 0 Å². The SMILES string of the molecule is OC(c1ccc(C(F)(F)F)c(F)c1)c1cc(Cl)ccc1I. The number of halogens is 6. The molecule has 0 saturated heterocycles. The molecule has 0 radical (unpaired) electrons. The maximum absolute atomic E-state index is 13.5. The molecule has 112 valence electrons. The van der Waals surface area contributed by atoms with Crippen molar-refractivity contribution in [2.75, 3.05) is 0 Å². The van der Waals surface area contributed by atoms with E-state index in [0.717, 1.165) is 6.07 Å². The molecule has 0 aromatic heterocycles. The second kappa shape index (κ2) is 6.10. The molecule has 7 heteroatoms. The summed E-state index contributed by atoms with van der Waals surface area (Å²) in [5, 5.41) is 10.6. The van der Waals surface area contributed by atoms with Gasteiger partial charge in [0.25, 0.3) is 0 Å². The average molecular weight is 431 g/mol. The molecule has 2 rings (SSSR count). The molecular formula is C14H8ClF4IO. The van der Waals surface area contributed by atoms with E-state index in [1.165, 1.54) is 6.07 Å². The lowest BCUT2D eigenvalue weighted by atomic mass is 10.00. The molecule has 0 heterocycles. The first-order valence-corrected chi connectivity index (χ1v) is 7.15. The van der Waals surface area contributed by atoms with Gasteiger partial charge in [0.1, 0.15) is 11.9 Å². The third kappa shape index (κ3) is 3.67. The molecule has 21 heavy (non-hydrogen) atoms. The highest BCUT2D eigenvalue weighted by molar-refractivity contribution is 14.1. The van der Waals surface area contributed by atoms with Crippen molar-refractivity contribution in [2.45, 2.75) is 12.3 Å². The first kappa shape index (κ1) is 16.5. The number of alkyl halides is 3. The molecule has 2 aromatic carbocycles. The van der Waals surface area contributed by atoms with E-state index in [0.29, 0.717) is 26.3 Å². The van der Waals surface area contributed by atoms with E-state index in [9.17, 15) is 22.7 Å². The van der Waals surface area contributed by atoms with Crippen molar-refractivity contribution in [2.24, 2.45) is 0 Å². The Labute approximate surface area is 136 Å². The predicted molar refractivity (Wildman–Crippen MR) is 79.6 cm³/mol. The van der Waals surface area contributed by atoms with Crippen LogP contribution in [0.15, 0.2) is 36.4 Å². The van der Waals surface area contributed by atoms with Gasteiger partial charge in [-0.2, -0.15) is 13.2 Å². The van der Waals surface area contributed by atoms with Crippen LogP contribution in [0.5, 0.6) is 0 Å². The van der Waals surface area contributed by atoms with Crippen LogP contribution in [-0.2, 0) is 6.18 Å². The van der Waals surface area contributed by atoms with E-state index in [1.807, 2.05) is 22.6 Å². The minimum atomic E-state index is -4.77. The molecular weight excluding hydrogens is 423 g/mol. The number of rotatable bonds is 2. The van der Waals surface area contributed by atoms with Gasteiger partial charge in [0.15, 0.2) is 0 Å². The number of aliphatic hydroxyl groups is 1. The van der Waals surface area contributed by atoms with Crippen molar-refractivity contribution in [1.82, 2.24) is 0 Å². The van der Waals surface area contributed by atoms with Crippen molar-refractivity contribution < 1.29 is 22.7 Å². The van der Waals surface area contributed by atoms with E-state index >= 15 is 0 Å². The van der Waals surface area contributed by atoms with Gasteiger partial charge in [-0.25, -0.2) is 4.39 Å². The van der Waals surface area contributed by atoms with Gasteiger partial charge >= 0.3 is 6.18 Å². The summed E-state index contributed by atoms with van der Waals surface area (Å²) in [5.74, 6) is -1.42. The molecule has 1 nitrogen and oxygen atoms in total. The Kier molecular flexibility index (Phi) is 4.79. The monoisotopic (exact) mass is 430 g/mol. The molecule has 0 amide bonds. The molecule has 0 aliphatic carbocycles. The lowest BCUT2D eigenvalue weighted by molar-refractivity contribution is -0.140. The third-order valence-electron chi connectivity index (χ3n) is 2.87. The summed E-state index contributed by atoms with van der Waals surface area (Å²) in [6, 6.07) is 7.11. The largest absolute Gasteiger partial charge is 0.419 e. The van der Waals surface area contributed by atoms with Crippen molar-refractivity contribution >= 4 is 34.2 Å². The zero-order chi connectivity index (χ0) is 15.8. The highest BCUT2D eigenvalue weighted by atomic mass is 127. The highest BCUT2D eigenvalue weighted by Gasteiger charge is 2.34. The molecule has 0 saturated carbocycles. The standard InChI is InChI=1S/C14H8ClF4IO/c15-8-2-4-12(20)9(6-8)13(21)7-1-3-10(11(16)5-7)14(17,18)19/h1-6,13,21H. The van der Waals surface area contributed by atoms with Gasteiger partial charge in [-0.1, -0.05) is 17.7 Å². The lowest BCUT2D eigenvalue weighted by Crippen LogP contribution is -2.10.